The Morgan fingerprint density at radius 1 is 1.22 bits per heavy atom. The summed E-state index contributed by atoms with van der Waals surface area (Å²) < 4.78 is 7.40. The Bertz CT molecular complexity index is 529. The van der Waals surface area contributed by atoms with Crippen LogP contribution in [-0.2, 0) is 11.3 Å². The van der Waals surface area contributed by atoms with Crippen LogP contribution < -0.4 is 0 Å². The number of benzene rings is 1. The monoisotopic (exact) mass is 245 g/mol. The van der Waals surface area contributed by atoms with E-state index in [0.717, 1.165) is 44.9 Å². The standard InChI is InChI=1S/C14H19N3O/c1-12-2-3-14-13(10-12)11-17(15-14)5-4-16-6-8-18-9-7-16/h2-3,10-11H,4-9H2,1H3. The lowest BCUT2D eigenvalue weighted by atomic mass is 10.2. The van der Waals surface area contributed by atoms with Gasteiger partial charge in [-0.3, -0.25) is 9.58 Å². The Morgan fingerprint density at radius 2 is 2.06 bits per heavy atom. The topological polar surface area (TPSA) is 30.3 Å². The molecule has 1 aliphatic rings. The van der Waals surface area contributed by atoms with Gasteiger partial charge in [0.1, 0.15) is 0 Å². The smallest absolute Gasteiger partial charge is 0.0923 e. The average Bonchev–Trinajstić information content (AvgIpc) is 2.79. The first kappa shape index (κ1) is 11.7. The molecule has 0 unspecified atom stereocenters. The number of ether oxygens (including phenoxy) is 1. The quantitative estimate of drug-likeness (QED) is 0.824. The Kier molecular flexibility index (Phi) is 3.30. The minimum absolute atomic E-state index is 0.861. The largest absolute Gasteiger partial charge is 0.379 e. The number of nitrogens with zero attached hydrogens (tertiary/aromatic N) is 3. The summed E-state index contributed by atoms with van der Waals surface area (Å²) in [5.41, 5.74) is 2.37. The fourth-order valence-electron chi connectivity index (χ4n) is 2.38. The van der Waals surface area contributed by atoms with Gasteiger partial charge in [-0.05, 0) is 19.1 Å². The summed E-state index contributed by atoms with van der Waals surface area (Å²) >= 11 is 0. The molecule has 0 radical (unpaired) electrons. The molecule has 0 amide bonds. The molecule has 1 aromatic carbocycles. The van der Waals surface area contributed by atoms with Gasteiger partial charge in [-0.25, -0.2) is 0 Å². The molecule has 1 aliphatic heterocycles. The zero-order valence-corrected chi connectivity index (χ0v) is 10.8. The fraction of sp³-hybridized carbons (Fsp3) is 0.500. The van der Waals surface area contributed by atoms with Gasteiger partial charge in [-0.15, -0.1) is 0 Å². The predicted octanol–water partition coefficient (Wildman–Crippen LogP) is 1.68. The van der Waals surface area contributed by atoms with Gasteiger partial charge < -0.3 is 4.74 Å². The van der Waals surface area contributed by atoms with Gasteiger partial charge in [-0.1, -0.05) is 11.6 Å². The van der Waals surface area contributed by atoms with Crippen molar-refractivity contribution < 1.29 is 4.74 Å². The van der Waals surface area contributed by atoms with Crippen molar-refractivity contribution in [3.63, 3.8) is 0 Å². The van der Waals surface area contributed by atoms with Crippen molar-refractivity contribution in [3.05, 3.63) is 30.0 Å². The third kappa shape index (κ3) is 2.54. The minimum Gasteiger partial charge on any atom is -0.379 e. The second kappa shape index (κ2) is 5.08. The van der Waals surface area contributed by atoms with Crippen molar-refractivity contribution in [3.8, 4) is 0 Å². The van der Waals surface area contributed by atoms with Gasteiger partial charge in [-0.2, -0.15) is 5.10 Å². The average molecular weight is 245 g/mol. The maximum absolute atomic E-state index is 5.35. The van der Waals surface area contributed by atoms with Crippen molar-refractivity contribution in [2.24, 2.45) is 0 Å². The molecule has 2 heterocycles. The van der Waals surface area contributed by atoms with Crippen molar-refractivity contribution in [1.29, 1.82) is 0 Å². The molecule has 0 bridgehead atoms. The highest BCUT2D eigenvalue weighted by Gasteiger charge is 2.10. The molecule has 4 heteroatoms. The van der Waals surface area contributed by atoms with Crippen molar-refractivity contribution >= 4 is 10.9 Å². The Morgan fingerprint density at radius 3 is 2.89 bits per heavy atom. The number of hydrogen-bond donors (Lipinski definition) is 0. The van der Waals surface area contributed by atoms with E-state index in [1.54, 1.807) is 0 Å². The predicted molar refractivity (Wildman–Crippen MR) is 71.7 cm³/mol. The zero-order valence-electron chi connectivity index (χ0n) is 10.8. The molecule has 1 fully saturated rings. The Balaban J connectivity index is 1.67. The molecule has 1 saturated heterocycles. The summed E-state index contributed by atoms with van der Waals surface area (Å²) in [6.45, 7) is 7.93. The van der Waals surface area contributed by atoms with Crippen LogP contribution in [0.15, 0.2) is 24.4 Å². The Labute approximate surface area is 107 Å². The van der Waals surface area contributed by atoms with Crippen LogP contribution in [0.4, 0.5) is 0 Å². The molecule has 4 nitrogen and oxygen atoms in total. The SMILES string of the molecule is Cc1ccc2nn(CCN3CCOCC3)cc2c1. The number of rotatable bonds is 3. The lowest BCUT2D eigenvalue weighted by Crippen LogP contribution is -2.38. The molecule has 0 spiro atoms. The molecule has 0 N–H and O–H groups in total. The van der Waals surface area contributed by atoms with Crippen LogP contribution >= 0.6 is 0 Å². The van der Waals surface area contributed by atoms with E-state index in [2.05, 4.69) is 46.0 Å². The van der Waals surface area contributed by atoms with E-state index in [0.29, 0.717) is 0 Å². The van der Waals surface area contributed by atoms with Crippen LogP contribution in [0.25, 0.3) is 10.9 Å². The van der Waals surface area contributed by atoms with Gasteiger partial charge >= 0.3 is 0 Å². The van der Waals surface area contributed by atoms with Crippen LogP contribution in [-0.4, -0.2) is 47.5 Å². The molecule has 3 rings (SSSR count). The van der Waals surface area contributed by atoms with E-state index in [9.17, 15) is 0 Å². The van der Waals surface area contributed by atoms with E-state index in [1.165, 1.54) is 10.9 Å². The number of aryl methyl sites for hydroxylation is 1. The molecule has 0 saturated carbocycles. The highest BCUT2D eigenvalue weighted by molar-refractivity contribution is 5.78. The first-order chi connectivity index (χ1) is 8.81. The van der Waals surface area contributed by atoms with Gasteiger partial charge in [0.2, 0.25) is 0 Å². The first-order valence-corrected chi connectivity index (χ1v) is 6.55. The summed E-state index contributed by atoms with van der Waals surface area (Å²) in [4.78, 5) is 2.43. The maximum atomic E-state index is 5.35. The van der Waals surface area contributed by atoms with Crippen LogP contribution in [0.3, 0.4) is 0 Å². The van der Waals surface area contributed by atoms with Crippen LogP contribution in [0.1, 0.15) is 5.56 Å². The van der Waals surface area contributed by atoms with Crippen LogP contribution in [0.2, 0.25) is 0 Å². The molecular weight excluding hydrogens is 226 g/mol. The number of aromatic nitrogens is 2. The molecule has 0 atom stereocenters. The van der Waals surface area contributed by atoms with E-state index in [4.69, 9.17) is 4.74 Å². The second-order valence-corrected chi connectivity index (χ2v) is 4.91. The molecular formula is C14H19N3O. The minimum atomic E-state index is 0.861. The second-order valence-electron chi connectivity index (χ2n) is 4.91. The summed E-state index contributed by atoms with van der Waals surface area (Å²) in [6.07, 6.45) is 2.14. The summed E-state index contributed by atoms with van der Waals surface area (Å²) in [6, 6.07) is 6.39. The van der Waals surface area contributed by atoms with Gasteiger partial charge in [0.15, 0.2) is 0 Å². The third-order valence-corrected chi connectivity index (χ3v) is 3.46. The summed E-state index contributed by atoms with van der Waals surface area (Å²) in [5, 5.41) is 5.83. The number of morpholine rings is 1. The lowest BCUT2D eigenvalue weighted by Gasteiger charge is -2.26. The molecule has 0 aliphatic carbocycles. The molecule has 1 aromatic heterocycles. The first-order valence-electron chi connectivity index (χ1n) is 6.55. The number of hydrogen-bond acceptors (Lipinski definition) is 3. The van der Waals surface area contributed by atoms with Crippen LogP contribution in [0, 0.1) is 6.92 Å². The zero-order chi connectivity index (χ0) is 12.4. The Hall–Kier alpha value is -1.39. The van der Waals surface area contributed by atoms with Crippen molar-refractivity contribution in [2.75, 3.05) is 32.8 Å². The van der Waals surface area contributed by atoms with Gasteiger partial charge in [0.25, 0.3) is 0 Å². The molecule has 2 aromatic rings. The van der Waals surface area contributed by atoms with Gasteiger partial charge in [0, 0.05) is 31.2 Å². The van der Waals surface area contributed by atoms with Gasteiger partial charge in [0.05, 0.1) is 25.3 Å². The summed E-state index contributed by atoms with van der Waals surface area (Å²) in [5.74, 6) is 0. The molecule has 96 valence electrons. The fourth-order valence-corrected chi connectivity index (χ4v) is 2.38. The third-order valence-electron chi connectivity index (χ3n) is 3.46. The highest BCUT2D eigenvalue weighted by atomic mass is 16.5. The highest BCUT2D eigenvalue weighted by Crippen LogP contribution is 2.13. The van der Waals surface area contributed by atoms with E-state index < -0.39 is 0 Å². The van der Waals surface area contributed by atoms with E-state index in [-0.39, 0.29) is 0 Å². The van der Waals surface area contributed by atoms with E-state index >= 15 is 0 Å². The normalized spacial score (nSPS) is 17.4. The summed E-state index contributed by atoms with van der Waals surface area (Å²) in [7, 11) is 0. The maximum Gasteiger partial charge on any atom is 0.0923 e. The lowest BCUT2D eigenvalue weighted by molar-refractivity contribution is 0.0360. The molecule has 18 heavy (non-hydrogen) atoms. The van der Waals surface area contributed by atoms with Crippen molar-refractivity contribution in [2.45, 2.75) is 13.5 Å². The number of fused-ring (bicyclic) bond motifs is 1. The van der Waals surface area contributed by atoms with Crippen LogP contribution in [0.5, 0.6) is 0 Å². The van der Waals surface area contributed by atoms with Crippen molar-refractivity contribution in [1.82, 2.24) is 14.7 Å². The van der Waals surface area contributed by atoms with E-state index in [1.807, 2.05) is 0 Å².